The minimum atomic E-state index is -0.831. The number of aromatic nitrogens is 1. The van der Waals surface area contributed by atoms with E-state index < -0.39 is 11.9 Å². The Hall–Kier alpha value is -2.30. The summed E-state index contributed by atoms with van der Waals surface area (Å²) < 4.78 is 1.78. The first kappa shape index (κ1) is 11.2. The number of imide groups is 1. The summed E-state index contributed by atoms with van der Waals surface area (Å²) in [6.45, 7) is 2.07. The summed E-state index contributed by atoms with van der Waals surface area (Å²) in [5.74, 6) is -0.420. The summed E-state index contributed by atoms with van der Waals surface area (Å²) in [5, 5.41) is 3.10. The molecule has 0 spiro atoms. The Morgan fingerprint density at radius 3 is 2.82 bits per heavy atom. The predicted molar refractivity (Wildman–Crippen MR) is 64.4 cm³/mol. The molecule has 0 atom stereocenters. The first-order valence-electron chi connectivity index (χ1n) is 5.21. The number of aryl methyl sites for hydroxylation is 1. The third kappa shape index (κ3) is 2.44. The molecule has 0 aliphatic carbocycles. The summed E-state index contributed by atoms with van der Waals surface area (Å²) in [6, 6.07) is 7.09. The van der Waals surface area contributed by atoms with E-state index in [-0.39, 0.29) is 6.54 Å². The third-order valence-electron chi connectivity index (χ3n) is 2.51. The first-order valence-corrected chi connectivity index (χ1v) is 5.21. The summed E-state index contributed by atoms with van der Waals surface area (Å²) in [5.41, 5.74) is 6.96. The van der Waals surface area contributed by atoms with Gasteiger partial charge in [0.15, 0.2) is 0 Å². The van der Waals surface area contributed by atoms with E-state index in [0.717, 1.165) is 16.5 Å². The van der Waals surface area contributed by atoms with Crippen molar-refractivity contribution in [2.75, 3.05) is 0 Å². The van der Waals surface area contributed by atoms with Crippen molar-refractivity contribution >= 4 is 22.8 Å². The largest absolute Gasteiger partial charge is 0.351 e. The molecule has 88 valence electrons. The molecule has 5 heteroatoms. The van der Waals surface area contributed by atoms with Crippen LogP contribution >= 0.6 is 0 Å². The lowest BCUT2D eigenvalue weighted by Gasteiger charge is -2.05. The van der Waals surface area contributed by atoms with Crippen molar-refractivity contribution in [2.45, 2.75) is 13.5 Å². The van der Waals surface area contributed by atoms with Crippen LogP contribution in [0.15, 0.2) is 30.5 Å². The van der Waals surface area contributed by atoms with Crippen LogP contribution in [0.2, 0.25) is 0 Å². The molecule has 5 nitrogen and oxygen atoms in total. The molecule has 0 fully saturated rings. The van der Waals surface area contributed by atoms with Crippen molar-refractivity contribution in [3.8, 4) is 0 Å². The molecule has 0 saturated carbocycles. The molecule has 0 bridgehead atoms. The molecule has 3 amide bonds. The summed E-state index contributed by atoms with van der Waals surface area (Å²) in [6.07, 6.45) is 1.81. The van der Waals surface area contributed by atoms with E-state index >= 15 is 0 Å². The van der Waals surface area contributed by atoms with Crippen LogP contribution in [-0.2, 0) is 11.3 Å². The second-order valence-corrected chi connectivity index (χ2v) is 3.92. The fourth-order valence-electron chi connectivity index (χ4n) is 1.76. The van der Waals surface area contributed by atoms with Crippen LogP contribution < -0.4 is 11.1 Å². The number of fused-ring (bicyclic) bond motifs is 1. The minimum absolute atomic E-state index is 0.0793. The van der Waals surface area contributed by atoms with E-state index in [1.807, 2.05) is 42.7 Å². The molecule has 2 rings (SSSR count). The van der Waals surface area contributed by atoms with Crippen molar-refractivity contribution in [3.05, 3.63) is 36.0 Å². The van der Waals surface area contributed by atoms with E-state index in [4.69, 9.17) is 5.73 Å². The lowest BCUT2D eigenvalue weighted by atomic mass is 10.2. The average molecular weight is 231 g/mol. The van der Waals surface area contributed by atoms with Gasteiger partial charge in [-0.25, -0.2) is 4.79 Å². The second kappa shape index (κ2) is 4.29. The van der Waals surface area contributed by atoms with Crippen molar-refractivity contribution in [2.24, 2.45) is 5.73 Å². The molecule has 0 saturated heterocycles. The van der Waals surface area contributed by atoms with Gasteiger partial charge in [-0.05, 0) is 30.0 Å². The van der Waals surface area contributed by atoms with Gasteiger partial charge >= 0.3 is 6.03 Å². The minimum Gasteiger partial charge on any atom is -0.351 e. The molecule has 0 aliphatic heterocycles. The van der Waals surface area contributed by atoms with Gasteiger partial charge in [-0.3, -0.25) is 10.1 Å². The number of benzene rings is 1. The first-order chi connectivity index (χ1) is 8.06. The summed E-state index contributed by atoms with van der Waals surface area (Å²) >= 11 is 0. The zero-order valence-corrected chi connectivity index (χ0v) is 9.43. The lowest BCUT2D eigenvalue weighted by Crippen LogP contribution is -2.37. The SMILES string of the molecule is Cc1ccc2ccn(CC(=O)NC(N)=O)c2c1. The predicted octanol–water partition coefficient (Wildman–Crippen LogP) is 1.14. The second-order valence-electron chi connectivity index (χ2n) is 3.92. The average Bonchev–Trinajstić information content (AvgIpc) is 2.60. The van der Waals surface area contributed by atoms with Gasteiger partial charge in [0, 0.05) is 11.7 Å². The van der Waals surface area contributed by atoms with E-state index in [2.05, 4.69) is 0 Å². The maximum absolute atomic E-state index is 11.4. The Bertz CT molecular complexity index is 586. The standard InChI is InChI=1S/C12H13N3O2/c1-8-2-3-9-4-5-15(10(9)6-8)7-11(16)14-12(13)17/h2-6H,7H2,1H3,(H3,13,14,16,17). The number of rotatable bonds is 2. The van der Waals surface area contributed by atoms with Crippen LogP contribution in [0, 0.1) is 6.92 Å². The third-order valence-corrected chi connectivity index (χ3v) is 2.51. The summed E-state index contributed by atoms with van der Waals surface area (Å²) in [4.78, 5) is 22.0. The van der Waals surface area contributed by atoms with Crippen molar-refractivity contribution in [1.29, 1.82) is 0 Å². The highest BCUT2D eigenvalue weighted by atomic mass is 16.2. The molecule has 1 aromatic heterocycles. The smallest absolute Gasteiger partial charge is 0.318 e. The van der Waals surface area contributed by atoms with E-state index in [1.165, 1.54) is 0 Å². The van der Waals surface area contributed by atoms with Gasteiger partial charge in [-0.2, -0.15) is 0 Å². The molecule has 1 aromatic carbocycles. The monoisotopic (exact) mass is 231 g/mol. The molecule has 3 N–H and O–H groups in total. The number of carbonyl (C=O) groups is 2. The van der Waals surface area contributed by atoms with Crippen LogP contribution in [0.4, 0.5) is 4.79 Å². The maximum atomic E-state index is 11.4. The molecule has 17 heavy (non-hydrogen) atoms. The fraction of sp³-hybridized carbons (Fsp3) is 0.167. The molecular formula is C12H13N3O2. The Kier molecular flexibility index (Phi) is 2.82. The van der Waals surface area contributed by atoms with Gasteiger partial charge in [-0.1, -0.05) is 12.1 Å². The molecule has 0 radical (unpaired) electrons. The van der Waals surface area contributed by atoms with Crippen LogP contribution in [-0.4, -0.2) is 16.5 Å². The van der Waals surface area contributed by atoms with Gasteiger partial charge in [-0.15, -0.1) is 0 Å². The number of primary amides is 1. The molecular weight excluding hydrogens is 218 g/mol. The van der Waals surface area contributed by atoms with Gasteiger partial charge in [0.05, 0.1) is 0 Å². The molecule has 2 aromatic rings. The summed E-state index contributed by atoms with van der Waals surface area (Å²) in [7, 11) is 0. The lowest BCUT2D eigenvalue weighted by molar-refractivity contribution is -0.120. The van der Waals surface area contributed by atoms with E-state index in [0.29, 0.717) is 0 Å². The van der Waals surface area contributed by atoms with Crippen LogP contribution in [0.3, 0.4) is 0 Å². The van der Waals surface area contributed by atoms with E-state index in [9.17, 15) is 9.59 Å². The molecule has 1 heterocycles. The number of nitrogens with two attached hydrogens (primary N) is 1. The Morgan fingerprint density at radius 2 is 2.12 bits per heavy atom. The Balaban J connectivity index is 2.27. The maximum Gasteiger partial charge on any atom is 0.318 e. The number of carbonyl (C=O) groups excluding carboxylic acids is 2. The van der Waals surface area contributed by atoms with Gasteiger partial charge in [0.1, 0.15) is 6.54 Å². The molecule has 0 aliphatic rings. The highest BCUT2D eigenvalue weighted by Crippen LogP contribution is 2.17. The number of amides is 3. The number of nitrogens with zero attached hydrogens (tertiary/aromatic N) is 1. The van der Waals surface area contributed by atoms with Crippen LogP contribution in [0.25, 0.3) is 10.9 Å². The van der Waals surface area contributed by atoms with E-state index in [1.54, 1.807) is 4.57 Å². The van der Waals surface area contributed by atoms with Gasteiger partial charge < -0.3 is 10.3 Å². The highest BCUT2D eigenvalue weighted by molar-refractivity contribution is 5.94. The zero-order valence-electron chi connectivity index (χ0n) is 9.43. The quantitative estimate of drug-likeness (QED) is 0.813. The normalized spacial score (nSPS) is 10.4. The van der Waals surface area contributed by atoms with Gasteiger partial charge in [0.25, 0.3) is 0 Å². The number of hydrogen-bond acceptors (Lipinski definition) is 2. The Morgan fingerprint density at radius 1 is 1.35 bits per heavy atom. The van der Waals surface area contributed by atoms with Crippen molar-refractivity contribution in [3.63, 3.8) is 0 Å². The van der Waals surface area contributed by atoms with Gasteiger partial charge in [0.2, 0.25) is 5.91 Å². The highest BCUT2D eigenvalue weighted by Gasteiger charge is 2.07. The zero-order chi connectivity index (χ0) is 12.4. The van der Waals surface area contributed by atoms with Crippen molar-refractivity contribution in [1.82, 2.24) is 9.88 Å². The topological polar surface area (TPSA) is 77.1 Å². The number of hydrogen-bond donors (Lipinski definition) is 2. The van der Waals surface area contributed by atoms with Crippen molar-refractivity contribution < 1.29 is 9.59 Å². The number of urea groups is 1. The van der Waals surface area contributed by atoms with Crippen LogP contribution in [0.5, 0.6) is 0 Å². The fourth-order valence-corrected chi connectivity index (χ4v) is 1.76. The van der Waals surface area contributed by atoms with Crippen LogP contribution in [0.1, 0.15) is 5.56 Å². The molecule has 0 unspecified atom stereocenters. The number of nitrogens with one attached hydrogen (secondary N) is 1. The Labute approximate surface area is 98.2 Å².